The van der Waals surface area contributed by atoms with Crippen LogP contribution >= 0.6 is 0 Å². The van der Waals surface area contributed by atoms with E-state index in [1.807, 2.05) is 19.1 Å². The highest BCUT2D eigenvalue weighted by Crippen LogP contribution is 2.22. The van der Waals surface area contributed by atoms with E-state index >= 15 is 0 Å². The minimum absolute atomic E-state index is 0.172. The van der Waals surface area contributed by atoms with Gasteiger partial charge in [-0.05, 0) is 49.6 Å². The monoisotopic (exact) mass is 337 g/mol. The molecule has 1 aliphatic rings. The highest BCUT2D eigenvalue weighted by molar-refractivity contribution is 5.96. The lowest BCUT2D eigenvalue weighted by Gasteiger charge is -2.25. The van der Waals surface area contributed by atoms with E-state index in [0.717, 1.165) is 12.0 Å². The van der Waals surface area contributed by atoms with Crippen LogP contribution in [0, 0.1) is 11.3 Å². The molecule has 2 aromatic rings. The van der Waals surface area contributed by atoms with E-state index in [0.29, 0.717) is 18.5 Å². The SMILES string of the molecule is CC(NC(=O)C1CCCN1C(=O)c1ccco1)c1ccc(C#N)cc1. The predicted octanol–water partition coefficient (Wildman–Crippen LogP) is 2.63. The van der Waals surface area contributed by atoms with Gasteiger partial charge in [0.15, 0.2) is 5.76 Å². The number of hydrogen-bond donors (Lipinski definition) is 1. The Hall–Kier alpha value is -3.07. The zero-order valence-electron chi connectivity index (χ0n) is 13.9. The summed E-state index contributed by atoms with van der Waals surface area (Å²) in [6.07, 6.45) is 2.87. The third kappa shape index (κ3) is 3.56. The Bertz CT molecular complexity index is 790. The molecule has 1 aromatic heterocycles. The number of carbonyl (C=O) groups is 2. The minimum Gasteiger partial charge on any atom is -0.459 e. The Morgan fingerprint density at radius 1 is 1.32 bits per heavy atom. The molecule has 1 fully saturated rings. The van der Waals surface area contributed by atoms with Gasteiger partial charge in [-0.2, -0.15) is 5.26 Å². The second kappa shape index (κ2) is 7.22. The Balaban J connectivity index is 1.67. The first-order valence-electron chi connectivity index (χ1n) is 8.25. The summed E-state index contributed by atoms with van der Waals surface area (Å²) in [5.74, 6) is -0.178. The first-order valence-corrected chi connectivity index (χ1v) is 8.25. The average molecular weight is 337 g/mol. The maximum atomic E-state index is 12.6. The first-order chi connectivity index (χ1) is 12.1. The van der Waals surface area contributed by atoms with Crippen LogP contribution in [0.2, 0.25) is 0 Å². The van der Waals surface area contributed by atoms with Gasteiger partial charge in [-0.3, -0.25) is 9.59 Å². The van der Waals surface area contributed by atoms with Crippen molar-refractivity contribution < 1.29 is 14.0 Å². The third-order valence-corrected chi connectivity index (χ3v) is 4.45. The molecule has 0 saturated carbocycles. The Labute approximate surface area is 146 Å². The Morgan fingerprint density at radius 3 is 2.72 bits per heavy atom. The van der Waals surface area contributed by atoms with Crippen molar-refractivity contribution in [3.05, 3.63) is 59.5 Å². The summed E-state index contributed by atoms with van der Waals surface area (Å²) in [7, 11) is 0. The molecule has 25 heavy (non-hydrogen) atoms. The average Bonchev–Trinajstić information content (AvgIpc) is 3.32. The fourth-order valence-electron chi connectivity index (χ4n) is 3.06. The van der Waals surface area contributed by atoms with Gasteiger partial charge in [0.25, 0.3) is 5.91 Å². The molecule has 2 atom stereocenters. The van der Waals surface area contributed by atoms with Crippen molar-refractivity contribution in [1.82, 2.24) is 10.2 Å². The van der Waals surface area contributed by atoms with E-state index in [1.54, 1.807) is 29.2 Å². The van der Waals surface area contributed by atoms with Gasteiger partial charge in [-0.15, -0.1) is 0 Å². The number of nitrogens with one attached hydrogen (secondary N) is 1. The number of likely N-dealkylation sites (tertiary alicyclic amines) is 1. The lowest BCUT2D eigenvalue weighted by Crippen LogP contribution is -2.46. The molecule has 3 rings (SSSR count). The van der Waals surface area contributed by atoms with E-state index in [9.17, 15) is 9.59 Å². The van der Waals surface area contributed by atoms with E-state index in [2.05, 4.69) is 11.4 Å². The van der Waals surface area contributed by atoms with Crippen LogP contribution in [0.1, 0.15) is 47.5 Å². The summed E-state index contributed by atoms with van der Waals surface area (Å²) < 4.78 is 5.16. The summed E-state index contributed by atoms with van der Waals surface area (Å²) >= 11 is 0. The van der Waals surface area contributed by atoms with Crippen LogP contribution < -0.4 is 5.32 Å². The largest absolute Gasteiger partial charge is 0.459 e. The van der Waals surface area contributed by atoms with E-state index < -0.39 is 6.04 Å². The minimum atomic E-state index is -0.488. The van der Waals surface area contributed by atoms with Gasteiger partial charge in [-0.1, -0.05) is 12.1 Å². The highest BCUT2D eigenvalue weighted by atomic mass is 16.3. The van der Waals surface area contributed by atoms with Crippen LogP contribution in [0.15, 0.2) is 47.1 Å². The number of nitriles is 1. The third-order valence-electron chi connectivity index (χ3n) is 4.45. The van der Waals surface area contributed by atoms with Gasteiger partial charge in [0.05, 0.1) is 23.9 Å². The van der Waals surface area contributed by atoms with Crippen molar-refractivity contribution in [2.45, 2.75) is 31.8 Å². The molecule has 6 nitrogen and oxygen atoms in total. The van der Waals surface area contributed by atoms with Crippen molar-refractivity contribution >= 4 is 11.8 Å². The maximum absolute atomic E-state index is 12.6. The number of nitrogens with zero attached hydrogens (tertiary/aromatic N) is 2. The molecular formula is C19H19N3O3. The Kier molecular flexibility index (Phi) is 4.85. The summed E-state index contributed by atoms with van der Waals surface area (Å²) in [4.78, 5) is 26.7. The molecule has 2 heterocycles. The zero-order valence-corrected chi connectivity index (χ0v) is 13.9. The number of rotatable bonds is 4. The molecule has 1 aromatic carbocycles. The summed E-state index contributed by atoms with van der Waals surface area (Å²) in [5, 5.41) is 11.8. The van der Waals surface area contributed by atoms with Crippen LogP contribution in [0.3, 0.4) is 0 Å². The molecule has 1 N–H and O–H groups in total. The van der Waals surface area contributed by atoms with Gasteiger partial charge in [0, 0.05) is 6.54 Å². The normalized spacial score (nSPS) is 17.8. The van der Waals surface area contributed by atoms with Crippen molar-refractivity contribution in [3.63, 3.8) is 0 Å². The van der Waals surface area contributed by atoms with Crippen LogP contribution in [0.25, 0.3) is 0 Å². The number of furan rings is 1. The standard InChI is InChI=1S/C19H19N3O3/c1-13(15-8-6-14(12-20)7-9-15)21-18(23)16-4-2-10-22(16)19(24)17-5-3-11-25-17/h3,5-9,11,13,16H,2,4,10H2,1H3,(H,21,23). The molecule has 128 valence electrons. The predicted molar refractivity (Wildman–Crippen MR) is 90.5 cm³/mol. The maximum Gasteiger partial charge on any atom is 0.290 e. The van der Waals surface area contributed by atoms with Crippen LogP contribution in [0.4, 0.5) is 0 Å². The summed E-state index contributed by atoms with van der Waals surface area (Å²) in [6.45, 7) is 2.43. The molecule has 0 spiro atoms. The second-order valence-corrected chi connectivity index (χ2v) is 6.10. The second-order valence-electron chi connectivity index (χ2n) is 6.10. The van der Waals surface area contributed by atoms with E-state index in [4.69, 9.17) is 9.68 Å². The van der Waals surface area contributed by atoms with Crippen molar-refractivity contribution in [2.24, 2.45) is 0 Å². The lowest BCUT2D eigenvalue weighted by molar-refractivity contribution is -0.125. The van der Waals surface area contributed by atoms with Gasteiger partial charge in [-0.25, -0.2) is 0 Å². The van der Waals surface area contributed by atoms with Crippen LogP contribution in [-0.2, 0) is 4.79 Å². The zero-order chi connectivity index (χ0) is 17.8. The number of hydrogen-bond acceptors (Lipinski definition) is 4. The fraction of sp³-hybridized carbons (Fsp3) is 0.316. The Morgan fingerprint density at radius 2 is 2.08 bits per heavy atom. The van der Waals surface area contributed by atoms with Gasteiger partial charge >= 0.3 is 0 Å². The molecule has 1 aliphatic heterocycles. The molecule has 0 bridgehead atoms. The van der Waals surface area contributed by atoms with Gasteiger partial charge < -0.3 is 14.6 Å². The van der Waals surface area contributed by atoms with Gasteiger partial charge in [0.2, 0.25) is 5.91 Å². The molecule has 2 unspecified atom stereocenters. The lowest BCUT2D eigenvalue weighted by atomic mass is 10.1. The number of amides is 2. The van der Waals surface area contributed by atoms with E-state index in [-0.39, 0.29) is 23.6 Å². The van der Waals surface area contributed by atoms with Crippen molar-refractivity contribution in [3.8, 4) is 6.07 Å². The topological polar surface area (TPSA) is 86.3 Å². The molecular weight excluding hydrogens is 318 g/mol. The molecule has 0 aliphatic carbocycles. The smallest absolute Gasteiger partial charge is 0.290 e. The summed E-state index contributed by atoms with van der Waals surface area (Å²) in [5.41, 5.74) is 1.49. The number of benzene rings is 1. The highest BCUT2D eigenvalue weighted by Gasteiger charge is 2.35. The van der Waals surface area contributed by atoms with Crippen LogP contribution in [0.5, 0.6) is 0 Å². The van der Waals surface area contributed by atoms with Gasteiger partial charge in [0.1, 0.15) is 6.04 Å². The summed E-state index contributed by atoms with van der Waals surface area (Å²) in [6, 6.07) is 11.7. The van der Waals surface area contributed by atoms with Crippen LogP contribution in [-0.4, -0.2) is 29.3 Å². The van der Waals surface area contributed by atoms with Crippen molar-refractivity contribution in [2.75, 3.05) is 6.54 Å². The number of carbonyl (C=O) groups excluding carboxylic acids is 2. The van der Waals surface area contributed by atoms with Crippen molar-refractivity contribution in [1.29, 1.82) is 5.26 Å². The first kappa shape index (κ1) is 16.8. The molecule has 2 amide bonds. The van der Waals surface area contributed by atoms with E-state index in [1.165, 1.54) is 6.26 Å². The fourth-order valence-corrected chi connectivity index (χ4v) is 3.06. The molecule has 1 saturated heterocycles. The molecule has 0 radical (unpaired) electrons. The molecule has 6 heteroatoms. The quantitative estimate of drug-likeness (QED) is 0.929.